The Labute approximate surface area is 168 Å². The van der Waals surface area contributed by atoms with E-state index in [1.807, 2.05) is 13.0 Å². The first-order valence-corrected chi connectivity index (χ1v) is 10.2. The number of anilines is 4. The maximum Gasteiger partial charge on any atom is 0.136 e. The van der Waals surface area contributed by atoms with E-state index in [0.29, 0.717) is 0 Å². The molecule has 152 valence electrons. The Hall–Kier alpha value is -2.38. The summed E-state index contributed by atoms with van der Waals surface area (Å²) in [6.07, 6.45) is 0. The molecule has 7 nitrogen and oxygen atoms in total. The molecule has 0 saturated carbocycles. The summed E-state index contributed by atoms with van der Waals surface area (Å²) < 4.78 is 5.39. The highest BCUT2D eigenvalue weighted by Gasteiger charge is 2.10. The quantitative estimate of drug-likeness (QED) is 0.688. The smallest absolute Gasteiger partial charge is 0.136 e. The van der Waals surface area contributed by atoms with Crippen molar-refractivity contribution in [3.63, 3.8) is 0 Å². The number of nitrogens with zero attached hydrogens (tertiary/aromatic N) is 4. The van der Waals surface area contributed by atoms with E-state index in [9.17, 15) is 0 Å². The summed E-state index contributed by atoms with van der Waals surface area (Å²) in [5, 5.41) is 6.81. The number of nitrogens with one attached hydrogen (secondary N) is 2. The average molecular weight is 385 g/mol. The molecule has 3 rings (SSSR count). The van der Waals surface area contributed by atoms with E-state index in [1.165, 1.54) is 5.69 Å². The monoisotopic (exact) mass is 384 g/mol. The van der Waals surface area contributed by atoms with Crippen LogP contribution in [0.25, 0.3) is 0 Å². The molecule has 7 heteroatoms. The fourth-order valence-electron chi connectivity index (χ4n) is 3.38. The van der Waals surface area contributed by atoms with E-state index in [1.54, 1.807) is 0 Å². The Morgan fingerprint density at radius 2 is 1.71 bits per heavy atom. The lowest BCUT2D eigenvalue weighted by atomic mass is 10.2. The second kappa shape index (κ2) is 10.2. The predicted molar refractivity (Wildman–Crippen MR) is 116 cm³/mol. The second-order valence-corrected chi connectivity index (χ2v) is 6.91. The minimum atomic E-state index is 0.749. The Morgan fingerprint density at radius 3 is 2.39 bits per heavy atom. The Kier molecular flexibility index (Phi) is 7.45. The summed E-state index contributed by atoms with van der Waals surface area (Å²) in [5.41, 5.74) is 2.26. The molecule has 1 saturated heterocycles. The third-order valence-electron chi connectivity index (χ3n) is 4.94. The van der Waals surface area contributed by atoms with E-state index >= 15 is 0 Å². The van der Waals surface area contributed by atoms with Crippen LogP contribution in [0.4, 0.5) is 23.0 Å². The third kappa shape index (κ3) is 5.81. The van der Waals surface area contributed by atoms with Crippen molar-refractivity contribution in [3.05, 3.63) is 36.2 Å². The molecule has 0 bridgehead atoms. The van der Waals surface area contributed by atoms with Gasteiger partial charge in [-0.1, -0.05) is 0 Å². The van der Waals surface area contributed by atoms with E-state index in [0.717, 1.165) is 75.6 Å². The van der Waals surface area contributed by atoms with E-state index in [2.05, 4.69) is 68.5 Å². The van der Waals surface area contributed by atoms with Gasteiger partial charge in [0.1, 0.15) is 17.5 Å². The Bertz CT molecular complexity index is 726. The number of aryl methyl sites for hydroxylation is 1. The molecule has 1 aromatic heterocycles. The molecule has 1 aromatic carbocycles. The van der Waals surface area contributed by atoms with E-state index in [-0.39, 0.29) is 0 Å². The molecular weight excluding hydrogens is 352 g/mol. The number of hydrogen-bond donors (Lipinski definition) is 2. The molecule has 0 atom stereocenters. The van der Waals surface area contributed by atoms with Crippen molar-refractivity contribution in [1.29, 1.82) is 0 Å². The van der Waals surface area contributed by atoms with Gasteiger partial charge in [0.15, 0.2) is 0 Å². The van der Waals surface area contributed by atoms with Crippen LogP contribution >= 0.6 is 0 Å². The predicted octanol–water partition coefficient (Wildman–Crippen LogP) is 3.12. The van der Waals surface area contributed by atoms with Gasteiger partial charge in [0.2, 0.25) is 0 Å². The number of morpholine rings is 1. The molecule has 28 heavy (non-hydrogen) atoms. The lowest BCUT2D eigenvalue weighted by molar-refractivity contribution is 0.0398. The van der Waals surface area contributed by atoms with Crippen molar-refractivity contribution in [2.24, 2.45) is 0 Å². The van der Waals surface area contributed by atoms with Crippen molar-refractivity contribution >= 4 is 23.0 Å². The molecule has 1 aliphatic rings. The molecular formula is C21H32N6O. The normalized spacial score (nSPS) is 14.7. The van der Waals surface area contributed by atoms with Gasteiger partial charge >= 0.3 is 0 Å². The van der Waals surface area contributed by atoms with Crippen LogP contribution in [0.15, 0.2) is 30.3 Å². The maximum absolute atomic E-state index is 5.39. The van der Waals surface area contributed by atoms with Crippen molar-refractivity contribution in [1.82, 2.24) is 14.9 Å². The first-order chi connectivity index (χ1) is 13.7. The molecule has 2 N–H and O–H groups in total. The van der Waals surface area contributed by atoms with Gasteiger partial charge in [0.05, 0.1) is 13.2 Å². The zero-order chi connectivity index (χ0) is 19.8. The molecule has 2 heterocycles. The zero-order valence-electron chi connectivity index (χ0n) is 17.2. The number of benzene rings is 1. The van der Waals surface area contributed by atoms with Crippen LogP contribution in [-0.2, 0) is 4.74 Å². The van der Waals surface area contributed by atoms with Gasteiger partial charge in [0, 0.05) is 56.7 Å². The first kappa shape index (κ1) is 20.4. The number of aromatic nitrogens is 2. The second-order valence-electron chi connectivity index (χ2n) is 6.91. The van der Waals surface area contributed by atoms with Crippen LogP contribution in [0.3, 0.4) is 0 Å². The number of ether oxygens (including phenoxy) is 1. The molecule has 0 unspecified atom stereocenters. The molecule has 0 amide bonds. The first-order valence-electron chi connectivity index (χ1n) is 10.2. The van der Waals surface area contributed by atoms with Crippen LogP contribution in [0, 0.1) is 6.92 Å². The molecule has 2 aromatic rings. The van der Waals surface area contributed by atoms with Crippen LogP contribution in [-0.4, -0.2) is 67.4 Å². The van der Waals surface area contributed by atoms with Crippen LogP contribution < -0.4 is 15.5 Å². The largest absolute Gasteiger partial charge is 0.379 e. The summed E-state index contributed by atoms with van der Waals surface area (Å²) in [5.74, 6) is 2.40. The van der Waals surface area contributed by atoms with Crippen molar-refractivity contribution in [2.45, 2.75) is 20.8 Å². The standard InChI is InChI=1S/C21H32N6O/c1-4-27(5-2)19-8-6-18(7-9-19)25-21-16-20(23-17(3)24-21)22-10-11-26-12-14-28-15-13-26/h6-9,16H,4-5,10-15H2,1-3H3,(H2,22,23,24,25). The summed E-state index contributed by atoms with van der Waals surface area (Å²) >= 11 is 0. The summed E-state index contributed by atoms with van der Waals surface area (Å²) in [6, 6.07) is 10.4. The fourth-order valence-corrected chi connectivity index (χ4v) is 3.38. The van der Waals surface area contributed by atoms with Crippen LogP contribution in [0.5, 0.6) is 0 Å². The molecule has 1 fully saturated rings. The molecule has 0 aliphatic carbocycles. The van der Waals surface area contributed by atoms with Gasteiger partial charge in [0.25, 0.3) is 0 Å². The summed E-state index contributed by atoms with van der Waals surface area (Å²) in [4.78, 5) is 13.8. The van der Waals surface area contributed by atoms with Crippen LogP contribution in [0.2, 0.25) is 0 Å². The van der Waals surface area contributed by atoms with Gasteiger partial charge in [-0.15, -0.1) is 0 Å². The van der Waals surface area contributed by atoms with Crippen molar-refractivity contribution in [2.75, 3.05) is 68.0 Å². The highest BCUT2D eigenvalue weighted by Crippen LogP contribution is 2.21. The zero-order valence-corrected chi connectivity index (χ0v) is 17.2. The topological polar surface area (TPSA) is 65.5 Å². The van der Waals surface area contributed by atoms with Gasteiger partial charge in [-0.05, 0) is 45.0 Å². The van der Waals surface area contributed by atoms with Crippen molar-refractivity contribution in [3.8, 4) is 0 Å². The Balaban J connectivity index is 1.58. The SMILES string of the molecule is CCN(CC)c1ccc(Nc2cc(NCCN3CCOCC3)nc(C)n2)cc1. The molecule has 0 radical (unpaired) electrons. The van der Waals surface area contributed by atoms with E-state index < -0.39 is 0 Å². The van der Waals surface area contributed by atoms with Gasteiger partial charge < -0.3 is 20.3 Å². The minimum absolute atomic E-state index is 0.749. The van der Waals surface area contributed by atoms with Gasteiger partial charge in [-0.2, -0.15) is 0 Å². The van der Waals surface area contributed by atoms with E-state index in [4.69, 9.17) is 4.74 Å². The average Bonchev–Trinajstić information content (AvgIpc) is 2.71. The highest BCUT2D eigenvalue weighted by atomic mass is 16.5. The Morgan fingerprint density at radius 1 is 1.04 bits per heavy atom. The van der Waals surface area contributed by atoms with Gasteiger partial charge in [-0.25, -0.2) is 9.97 Å². The molecule has 0 spiro atoms. The summed E-state index contributed by atoms with van der Waals surface area (Å²) in [6.45, 7) is 13.8. The van der Waals surface area contributed by atoms with Crippen LogP contribution in [0.1, 0.15) is 19.7 Å². The minimum Gasteiger partial charge on any atom is -0.379 e. The fraction of sp³-hybridized carbons (Fsp3) is 0.524. The maximum atomic E-state index is 5.39. The number of rotatable bonds is 9. The lowest BCUT2D eigenvalue weighted by Gasteiger charge is -2.26. The van der Waals surface area contributed by atoms with Gasteiger partial charge in [-0.3, -0.25) is 4.90 Å². The number of hydrogen-bond acceptors (Lipinski definition) is 7. The summed E-state index contributed by atoms with van der Waals surface area (Å²) in [7, 11) is 0. The third-order valence-corrected chi connectivity index (χ3v) is 4.94. The van der Waals surface area contributed by atoms with Crippen molar-refractivity contribution < 1.29 is 4.74 Å². The highest BCUT2D eigenvalue weighted by molar-refractivity contribution is 5.62. The molecule has 1 aliphatic heterocycles. The lowest BCUT2D eigenvalue weighted by Crippen LogP contribution is -2.39.